The van der Waals surface area contributed by atoms with E-state index < -0.39 is 18.9 Å². The van der Waals surface area contributed by atoms with Crippen LogP contribution in [0.1, 0.15) is 18.1 Å². The lowest BCUT2D eigenvalue weighted by Gasteiger charge is -2.16. The summed E-state index contributed by atoms with van der Waals surface area (Å²) in [5.41, 5.74) is 1.67. The first-order chi connectivity index (χ1) is 12.6. The summed E-state index contributed by atoms with van der Waals surface area (Å²) in [7, 11) is 0. The van der Waals surface area contributed by atoms with Crippen molar-refractivity contribution in [2.75, 3.05) is 6.61 Å². The third-order valence-electron chi connectivity index (χ3n) is 3.53. The van der Waals surface area contributed by atoms with Crippen LogP contribution in [0.5, 0.6) is 11.5 Å². The van der Waals surface area contributed by atoms with E-state index in [1.54, 1.807) is 25.1 Å². The summed E-state index contributed by atoms with van der Waals surface area (Å²) >= 11 is 3.39. The highest BCUT2D eigenvalue weighted by molar-refractivity contribution is 9.10. The SMILES string of the molecule is Cc1ccc(OC(C)C(=O)NCc2cccc(OCC(F)(F)F)c2)c(Br)c1. The standard InChI is InChI=1S/C19H19BrF3NO3/c1-12-6-7-17(16(20)8-12)27-13(2)18(25)24-10-14-4-3-5-15(9-14)26-11-19(21,22)23/h3-9,13H,10-11H2,1-2H3,(H,24,25). The van der Waals surface area contributed by atoms with Crippen molar-refractivity contribution in [3.63, 3.8) is 0 Å². The van der Waals surface area contributed by atoms with Crippen LogP contribution in [0.4, 0.5) is 13.2 Å². The summed E-state index contributed by atoms with van der Waals surface area (Å²) in [6.07, 6.45) is -5.14. The van der Waals surface area contributed by atoms with Gasteiger partial charge in [0.05, 0.1) is 4.47 Å². The van der Waals surface area contributed by atoms with E-state index in [0.717, 1.165) is 10.0 Å². The van der Waals surface area contributed by atoms with Gasteiger partial charge in [0.1, 0.15) is 11.5 Å². The summed E-state index contributed by atoms with van der Waals surface area (Å²) in [6.45, 7) is 2.34. The zero-order valence-corrected chi connectivity index (χ0v) is 16.4. The number of rotatable bonds is 7. The average molecular weight is 446 g/mol. The molecule has 0 fully saturated rings. The van der Waals surface area contributed by atoms with Gasteiger partial charge in [0.2, 0.25) is 0 Å². The molecule has 2 rings (SSSR count). The number of aryl methyl sites for hydroxylation is 1. The number of halogens is 4. The molecule has 1 N–H and O–H groups in total. The molecular weight excluding hydrogens is 427 g/mol. The van der Waals surface area contributed by atoms with Crippen LogP contribution in [0.2, 0.25) is 0 Å². The average Bonchev–Trinajstić information content (AvgIpc) is 2.60. The van der Waals surface area contributed by atoms with E-state index in [1.165, 1.54) is 12.1 Å². The lowest BCUT2D eigenvalue weighted by Crippen LogP contribution is -2.36. The van der Waals surface area contributed by atoms with Crippen LogP contribution in [0.3, 0.4) is 0 Å². The molecule has 0 saturated heterocycles. The Hall–Kier alpha value is -2.22. The molecule has 2 aromatic carbocycles. The molecule has 0 spiro atoms. The van der Waals surface area contributed by atoms with E-state index in [1.807, 2.05) is 19.1 Å². The lowest BCUT2D eigenvalue weighted by atomic mass is 10.2. The summed E-state index contributed by atoms with van der Waals surface area (Å²) in [5, 5.41) is 2.69. The Morgan fingerprint density at radius 2 is 1.96 bits per heavy atom. The van der Waals surface area contributed by atoms with Gasteiger partial charge < -0.3 is 14.8 Å². The fourth-order valence-corrected chi connectivity index (χ4v) is 2.78. The zero-order chi connectivity index (χ0) is 20.0. The first-order valence-corrected chi connectivity index (χ1v) is 8.92. The van der Waals surface area contributed by atoms with E-state index >= 15 is 0 Å². The van der Waals surface area contributed by atoms with Crippen LogP contribution in [-0.4, -0.2) is 24.8 Å². The van der Waals surface area contributed by atoms with E-state index in [4.69, 9.17) is 9.47 Å². The zero-order valence-electron chi connectivity index (χ0n) is 14.8. The van der Waals surface area contributed by atoms with Crippen molar-refractivity contribution in [1.82, 2.24) is 5.32 Å². The molecule has 146 valence electrons. The Morgan fingerprint density at radius 3 is 2.63 bits per heavy atom. The van der Waals surface area contributed by atoms with Gasteiger partial charge in [-0.3, -0.25) is 4.79 Å². The Morgan fingerprint density at radius 1 is 1.22 bits per heavy atom. The summed E-state index contributed by atoms with van der Waals surface area (Å²) in [4.78, 5) is 12.2. The number of carbonyl (C=O) groups excluding carboxylic acids is 1. The molecule has 0 aliphatic rings. The van der Waals surface area contributed by atoms with Crippen molar-refractivity contribution in [2.24, 2.45) is 0 Å². The minimum atomic E-state index is -4.40. The fourth-order valence-electron chi connectivity index (χ4n) is 2.19. The topological polar surface area (TPSA) is 47.6 Å². The van der Waals surface area contributed by atoms with E-state index in [9.17, 15) is 18.0 Å². The highest BCUT2D eigenvalue weighted by atomic mass is 79.9. The van der Waals surface area contributed by atoms with Crippen molar-refractivity contribution >= 4 is 21.8 Å². The van der Waals surface area contributed by atoms with Crippen LogP contribution in [-0.2, 0) is 11.3 Å². The Kier molecular flexibility index (Phi) is 7.12. The van der Waals surface area contributed by atoms with Gasteiger partial charge in [-0.15, -0.1) is 0 Å². The van der Waals surface area contributed by atoms with Gasteiger partial charge in [-0.05, 0) is 65.2 Å². The highest BCUT2D eigenvalue weighted by Gasteiger charge is 2.28. The Bertz CT molecular complexity index is 796. The van der Waals surface area contributed by atoms with Crippen molar-refractivity contribution < 1.29 is 27.4 Å². The number of carbonyl (C=O) groups is 1. The third kappa shape index (κ3) is 7.13. The summed E-state index contributed by atoms with van der Waals surface area (Å²) in [6, 6.07) is 11.7. The van der Waals surface area contributed by atoms with Gasteiger partial charge in [-0.2, -0.15) is 13.2 Å². The van der Waals surface area contributed by atoms with Gasteiger partial charge in [0, 0.05) is 6.54 Å². The largest absolute Gasteiger partial charge is 0.484 e. The number of alkyl halides is 3. The van der Waals surface area contributed by atoms with Gasteiger partial charge in [-0.25, -0.2) is 0 Å². The minimum absolute atomic E-state index is 0.0898. The number of amides is 1. The maximum Gasteiger partial charge on any atom is 0.422 e. The first kappa shape index (κ1) is 21.1. The van der Waals surface area contributed by atoms with Crippen molar-refractivity contribution in [2.45, 2.75) is 32.7 Å². The molecule has 0 saturated carbocycles. The van der Waals surface area contributed by atoms with Crippen LogP contribution in [0, 0.1) is 6.92 Å². The monoisotopic (exact) mass is 445 g/mol. The second kappa shape index (κ2) is 9.12. The molecule has 0 radical (unpaired) electrons. The van der Waals surface area contributed by atoms with Gasteiger partial charge in [0.25, 0.3) is 5.91 Å². The first-order valence-electron chi connectivity index (χ1n) is 8.13. The van der Waals surface area contributed by atoms with Crippen molar-refractivity contribution in [1.29, 1.82) is 0 Å². The highest BCUT2D eigenvalue weighted by Crippen LogP contribution is 2.26. The van der Waals surface area contributed by atoms with Crippen LogP contribution in [0.25, 0.3) is 0 Å². The molecule has 1 atom stereocenters. The normalized spacial score (nSPS) is 12.4. The predicted octanol–water partition coefficient (Wildman–Crippen LogP) is 4.78. The molecule has 0 bridgehead atoms. The minimum Gasteiger partial charge on any atom is -0.484 e. The van der Waals surface area contributed by atoms with Gasteiger partial charge in [0.15, 0.2) is 12.7 Å². The number of benzene rings is 2. The lowest BCUT2D eigenvalue weighted by molar-refractivity contribution is -0.153. The molecule has 0 aromatic heterocycles. The Labute approximate surface area is 163 Å². The van der Waals surface area contributed by atoms with Gasteiger partial charge in [-0.1, -0.05) is 18.2 Å². The number of hydrogen-bond acceptors (Lipinski definition) is 3. The van der Waals surface area contributed by atoms with E-state index in [2.05, 4.69) is 21.2 Å². The second-order valence-electron chi connectivity index (χ2n) is 5.96. The molecule has 0 heterocycles. The van der Waals surface area contributed by atoms with E-state index in [-0.39, 0.29) is 18.2 Å². The fraction of sp³-hybridized carbons (Fsp3) is 0.316. The van der Waals surface area contributed by atoms with E-state index in [0.29, 0.717) is 11.3 Å². The molecule has 0 aliphatic heterocycles. The third-order valence-corrected chi connectivity index (χ3v) is 4.15. The number of nitrogens with one attached hydrogen (secondary N) is 1. The van der Waals surface area contributed by atoms with Crippen molar-refractivity contribution in [3.05, 3.63) is 58.1 Å². The van der Waals surface area contributed by atoms with Crippen LogP contribution < -0.4 is 14.8 Å². The molecule has 2 aromatic rings. The molecule has 1 unspecified atom stereocenters. The molecule has 4 nitrogen and oxygen atoms in total. The molecule has 1 amide bonds. The van der Waals surface area contributed by atoms with Gasteiger partial charge >= 0.3 is 6.18 Å². The van der Waals surface area contributed by atoms with Crippen LogP contribution in [0.15, 0.2) is 46.9 Å². The molecular formula is C19H19BrF3NO3. The quantitative estimate of drug-likeness (QED) is 0.666. The maximum absolute atomic E-state index is 12.2. The number of ether oxygens (including phenoxy) is 2. The number of hydrogen-bond donors (Lipinski definition) is 1. The maximum atomic E-state index is 12.2. The smallest absolute Gasteiger partial charge is 0.422 e. The summed E-state index contributed by atoms with van der Waals surface area (Å²) < 4.78 is 47.7. The van der Waals surface area contributed by atoms with Crippen LogP contribution >= 0.6 is 15.9 Å². The summed E-state index contributed by atoms with van der Waals surface area (Å²) in [5.74, 6) is 0.293. The molecule has 0 aliphatic carbocycles. The predicted molar refractivity (Wildman–Crippen MR) is 98.8 cm³/mol. The molecule has 27 heavy (non-hydrogen) atoms. The van der Waals surface area contributed by atoms with Crippen molar-refractivity contribution in [3.8, 4) is 11.5 Å². The molecule has 8 heteroatoms. The Balaban J connectivity index is 1.89. The second-order valence-corrected chi connectivity index (χ2v) is 6.82.